The summed E-state index contributed by atoms with van der Waals surface area (Å²) in [6.45, 7) is 10.2. The van der Waals surface area contributed by atoms with Gasteiger partial charge in [0.15, 0.2) is 15.3 Å². The van der Waals surface area contributed by atoms with Gasteiger partial charge in [0.1, 0.15) is 6.10 Å². The van der Waals surface area contributed by atoms with Crippen LogP contribution < -0.4 is 0 Å². The highest BCUT2D eigenvalue weighted by atomic mass is 32.2. The van der Waals surface area contributed by atoms with Gasteiger partial charge in [0.25, 0.3) is 0 Å². The molecule has 5 atom stereocenters. The molecular formula is C26H34O5S. The van der Waals surface area contributed by atoms with Crippen molar-refractivity contribution >= 4 is 9.84 Å². The summed E-state index contributed by atoms with van der Waals surface area (Å²) in [5.41, 5.74) is 1.46. The summed E-state index contributed by atoms with van der Waals surface area (Å²) >= 11 is 0. The van der Waals surface area contributed by atoms with Crippen molar-refractivity contribution in [3.05, 3.63) is 83.9 Å². The zero-order chi connectivity index (χ0) is 23.1. The Bertz CT molecular complexity index is 958. The van der Waals surface area contributed by atoms with E-state index in [1.54, 1.807) is 6.92 Å². The minimum absolute atomic E-state index is 0.0271. The average molecular weight is 459 g/mol. The number of rotatable bonds is 10. The van der Waals surface area contributed by atoms with Crippen LogP contribution in [0.2, 0.25) is 0 Å². The third-order valence-corrected chi connectivity index (χ3v) is 7.76. The largest absolute Gasteiger partial charge is 0.370 e. The van der Waals surface area contributed by atoms with E-state index in [0.29, 0.717) is 18.6 Å². The van der Waals surface area contributed by atoms with Crippen molar-refractivity contribution < 1.29 is 22.6 Å². The van der Waals surface area contributed by atoms with E-state index in [1.807, 2.05) is 74.5 Å². The van der Waals surface area contributed by atoms with Gasteiger partial charge in [-0.05, 0) is 24.5 Å². The lowest BCUT2D eigenvalue weighted by atomic mass is 9.89. The summed E-state index contributed by atoms with van der Waals surface area (Å²) in [6.07, 6.45) is -0.725. The fourth-order valence-corrected chi connectivity index (χ4v) is 5.98. The first-order valence-corrected chi connectivity index (χ1v) is 12.9. The number of hydrogen-bond donors (Lipinski definition) is 0. The predicted molar refractivity (Wildman–Crippen MR) is 127 cm³/mol. The van der Waals surface area contributed by atoms with Crippen LogP contribution in [-0.4, -0.2) is 37.9 Å². The Labute approximate surface area is 192 Å². The summed E-state index contributed by atoms with van der Waals surface area (Å²) in [6, 6.07) is 19.6. The Morgan fingerprint density at radius 1 is 0.938 bits per heavy atom. The summed E-state index contributed by atoms with van der Waals surface area (Å²) in [5, 5.41) is 0. The molecule has 1 aliphatic rings. The highest BCUT2D eigenvalue weighted by Crippen LogP contribution is 2.35. The first-order valence-electron chi connectivity index (χ1n) is 11.1. The smallest absolute Gasteiger partial charge is 0.187 e. The van der Waals surface area contributed by atoms with Crippen LogP contribution in [0.15, 0.2) is 72.8 Å². The van der Waals surface area contributed by atoms with Gasteiger partial charge in [-0.2, -0.15) is 0 Å². The third kappa shape index (κ3) is 6.29. The molecule has 2 aromatic rings. The Kier molecular flexibility index (Phi) is 8.65. The summed E-state index contributed by atoms with van der Waals surface area (Å²) in [5.74, 6) is -0.167. The molecule has 3 rings (SSSR count). The van der Waals surface area contributed by atoms with Gasteiger partial charge in [-0.1, -0.05) is 86.7 Å². The molecule has 0 amide bonds. The first-order chi connectivity index (χ1) is 15.3. The Morgan fingerprint density at radius 2 is 1.44 bits per heavy atom. The highest BCUT2D eigenvalue weighted by Gasteiger charge is 2.49. The van der Waals surface area contributed by atoms with Crippen molar-refractivity contribution in [2.75, 3.05) is 5.75 Å². The van der Waals surface area contributed by atoms with Gasteiger partial charge in [0, 0.05) is 5.92 Å². The van der Waals surface area contributed by atoms with Crippen LogP contribution >= 0.6 is 0 Å². The number of sulfone groups is 1. The van der Waals surface area contributed by atoms with Crippen LogP contribution in [0.4, 0.5) is 0 Å². The lowest BCUT2D eigenvalue weighted by Gasteiger charge is -2.45. The van der Waals surface area contributed by atoms with E-state index in [9.17, 15) is 8.42 Å². The van der Waals surface area contributed by atoms with Crippen LogP contribution in [0.25, 0.3) is 0 Å². The van der Waals surface area contributed by atoms with Crippen molar-refractivity contribution in [1.29, 1.82) is 0 Å². The summed E-state index contributed by atoms with van der Waals surface area (Å²) < 4.78 is 45.3. The summed E-state index contributed by atoms with van der Waals surface area (Å²) in [4.78, 5) is 0. The molecule has 1 fully saturated rings. The van der Waals surface area contributed by atoms with E-state index < -0.39 is 27.5 Å². The fourth-order valence-electron chi connectivity index (χ4n) is 4.18. The second-order valence-corrected chi connectivity index (χ2v) is 10.7. The van der Waals surface area contributed by atoms with Crippen molar-refractivity contribution in [1.82, 2.24) is 0 Å². The molecule has 0 aromatic heterocycles. The highest BCUT2D eigenvalue weighted by molar-refractivity contribution is 7.92. The quantitative estimate of drug-likeness (QED) is 0.473. The van der Waals surface area contributed by atoms with Gasteiger partial charge in [-0.15, -0.1) is 0 Å². The predicted octanol–water partition coefficient (Wildman–Crippen LogP) is 4.92. The van der Waals surface area contributed by atoms with E-state index in [-0.39, 0.29) is 24.4 Å². The van der Waals surface area contributed by atoms with Gasteiger partial charge in [0.05, 0.1) is 31.2 Å². The molecule has 174 valence electrons. The third-order valence-electron chi connectivity index (χ3n) is 5.78. The molecule has 0 N–H and O–H groups in total. The molecule has 1 unspecified atom stereocenters. The van der Waals surface area contributed by atoms with Crippen molar-refractivity contribution in [2.24, 2.45) is 5.92 Å². The maximum atomic E-state index is 13.3. The second-order valence-electron chi connectivity index (χ2n) is 8.60. The molecule has 5 nitrogen and oxygen atoms in total. The zero-order valence-electron chi connectivity index (χ0n) is 19.1. The molecule has 32 heavy (non-hydrogen) atoms. The van der Waals surface area contributed by atoms with E-state index in [2.05, 4.69) is 6.58 Å². The molecule has 6 heteroatoms. The Balaban J connectivity index is 1.90. The monoisotopic (exact) mass is 458 g/mol. The topological polar surface area (TPSA) is 61.8 Å². The summed E-state index contributed by atoms with van der Waals surface area (Å²) in [7, 11) is -3.65. The van der Waals surface area contributed by atoms with Crippen LogP contribution in [0.5, 0.6) is 0 Å². The maximum absolute atomic E-state index is 13.3. The molecule has 0 bridgehead atoms. The normalized spacial score (nSPS) is 26.0. The lowest BCUT2D eigenvalue weighted by Crippen LogP contribution is -2.58. The van der Waals surface area contributed by atoms with Crippen LogP contribution in [0.3, 0.4) is 0 Å². The molecule has 1 aliphatic heterocycles. The molecule has 0 saturated carbocycles. The molecule has 1 heterocycles. The molecule has 0 radical (unpaired) electrons. The number of ether oxygens (including phenoxy) is 3. The minimum atomic E-state index is -3.65. The van der Waals surface area contributed by atoms with E-state index in [0.717, 1.165) is 11.1 Å². The van der Waals surface area contributed by atoms with Gasteiger partial charge in [0.2, 0.25) is 0 Å². The zero-order valence-corrected chi connectivity index (χ0v) is 20.0. The molecule has 0 spiro atoms. The molecule has 1 saturated heterocycles. The molecule has 2 aromatic carbocycles. The van der Waals surface area contributed by atoms with Gasteiger partial charge < -0.3 is 14.2 Å². The standard InChI is InChI=1S/C26H34O5S/c1-5-23-20(4)24(29-16-21-12-8-6-9-13-21)25(30-17-22-14-10-7-11-15-22)26(31-23)32(27,28)18-19(2)3/h6-15,20,23-26H,2,5,16-18H2,1,3-4H3/t20-,23+,24-,25+,26?/m0/s1. The van der Waals surface area contributed by atoms with Gasteiger partial charge in [-0.3, -0.25) is 0 Å². The van der Waals surface area contributed by atoms with Crippen LogP contribution in [-0.2, 0) is 37.3 Å². The fraction of sp³-hybridized carbons (Fsp3) is 0.462. The molecule has 0 aliphatic carbocycles. The van der Waals surface area contributed by atoms with Crippen LogP contribution in [0.1, 0.15) is 38.3 Å². The maximum Gasteiger partial charge on any atom is 0.187 e. The van der Waals surface area contributed by atoms with Crippen molar-refractivity contribution in [3.63, 3.8) is 0 Å². The van der Waals surface area contributed by atoms with Crippen molar-refractivity contribution in [3.8, 4) is 0 Å². The number of hydrogen-bond acceptors (Lipinski definition) is 5. The second kappa shape index (κ2) is 11.2. The van der Waals surface area contributed by atoms with Gasteiger partial charge >= 0.3 is 0 Å². The molecular weight excluding hydrogens is 424 g/mol. The van der Waals surface area contributed by atoms with E-state index in [4.69, 9.17) is 14.2 Å². The van der Waals surface area contributed by atoms with Crippen LogP contribution in [0, 0.1) is 5.92 Å². The Hall–Kier alpha value is -1.99. The lowest BCUT2D eigenvalue weighted by molar-refractivity contribution is -0.210. The Morgan fingerprint density at radius 3 is 1.91 bits per heavy atom. The van der Waals surface area contributed by atoms with E-state index >= 15 is 0 Å². The van der Waals surface area contributed by atoms with Crippen molar-refractivity contribution in [2.45, 2.75) is 64.2 Å². The van der Waals surface area contributed by atoms with E-state index in [1.165, 1.54) is 0 Å². The first kappa shape index (κ1) is 24.6. The average Bonchev–Trinajstić information content (AvgIpc) is 2.77. The van der Waals surface area contributed by atoms with Gasteiger partial charge in [-0.25, -0.2) is 8.42 Å². The SMILES string of the molecule is C=C(C)CS(=O)(=O)C1O[C@H](CC)[C@H](C)[C@H](OCc2ccccc2)[C@H]1OCc1ccccc1. The number of benzene rings is 2. The minimum Gasteiger partial charge on any atom is -0.370 e.